The molecule has 2 heterocycles. The summed E-state index contributed by atoms with van der Waals surface area (Å²) in [7, 11) is 0. The molecule has 0 spiro atoms. The summed E-state index contributed by atoms with van der Waals surface area (Å²) in [6, 6.07) is 17.3. The number of hydrogen-bond donors (Lipinski definition) is 2. The summed E-state index contributed by atoms with van der Waals surface area (Å²) in [4.78, 5) is 20.8. The van der Waals surface area contributed by atoms with Crippen LogP contribution in [0.4, 0.5) is 11.4 Å². The van der Waals surface area contributed by atoms with Crippen molar-refractivity contribution in [3.8, 4) is 0 Å². The van der Waals surface area contributed by atoms with Crippen molar-refractivity contribution >= 4 is 23.3 Å². The summed E-state index contributed by atoms with van der Waals surface area (Å²) in [5.74, 6) is -0.159. The second-order valence-electron chi connectivity index (χ2n) is 7.62. The van der Waals surface area contributed by atoms with Crippen LogP contribution in [-0.4, -0.2) is 67.4 Å². The highest BCUT2D eigenvalue weighted by Gasteiger charge is 2.22. The van der Waals surface area contributed by atoms with Crippen LogP contribution in [0.15, 0.2) is 59.6 Å². The Kier molecular flexibility index (Phi) is 6.49. The minimum absolute atomic E-state index is 0.165. The number of benzene rings is 2. The van der Waals surface area contributed by atoms with E-state index in [1.165, 1.54) is 5.69 Å². The van der Waals surface area contributed by atoms with Crippen LogP contribution in [0.3, 0.4) is 0 Å². The fourth-order valence-electron chi connectivity index (χ4n) is 3.87. The van der Waals surface area contributed by atoms with Crippen molar-refractivity contribution in [3.05, 3.63) is 60.2 Å². The maximum absolute atomic E-state index is 11.3. The van der Waals surface area contributed by atoms with E-state index in [1.54, 1.807) is 18.2 Å². The van der Waals surface area contributed by atoms with Crippen molar-refractivity contribution in [2.75, 3.05) is 49.5 Å². The predicted octanol–water partition coefficient (Wildman–Crippen LogP) is 3.15. The first kappa shape index (κ1) is 20.2. The highest BCUT2D eigenvalue weighted by Crippen LogP contribution is 2.18. The van der Waals surface area contributed by atoms with Crippen molar-refractivity contribution in [2.24, 2.45) is 4.99 Å². The van der Waals surface area contributed by atoms with E-state index in [2.05, 4.69) is 39.4 Å². The summed E-state index contributed by atoms with van der Waals surface area (Å²) in [5, 5.41) is 12.6. The molecule has 0 aromatic heterocycles. The van der Waals surface area contributed by atoms with Crippen LogP contribution in [0.1, 0.15) is 23.2 Å². The average Bonchev–Trinajstić information content (AvgIpc) is 3.31. The number of hydrogen-bond acceptors (Lipinski definition) is 4. The third kappa shape index (κ3) is 5.10. The highest BCUT2D eigenvalue weighted by molar-refractivity contribution is 5.96. The van der Waals surface area contributed by atoms with Gasteiger partial charge in [0, 0.05) is 44.2 Å². The summed E-state index contributed by atoms with van der Waals surface area (Å²) in [6.45, 7) is 4.90. The fraction of sp³-hybridized carbons (Fsp3) is 0.391. The summed E-state index contributed by atoms with van der Waals surface area (Å²) < 4.78 is 5.73. The molecule has 7 heteroatoms. The number of rotatable bonds is 5. The van der Waals surface area contributed by atoms with Crippen molar-refractivity contribution in [1.82, 2.24) is 4.90 Å². The molecule has 2 aromatic rings. The van der Waals surface area contributed by atoms with Crippen LogP contribution >= 0.6 is 0 Å². The number of carbonyl (C=O) groups is 1. The van der Waals surface area contributed by atoms with Crippen molar-refractivity contribution in [3.63, 3.8) is 0 Å². The molecular formula is C23H28N4O3. The van der Waals surface area contributed by atoms with Gasteiger partial charge in [-0.2, -0.15) is 0 Å². The lowest BCUT2D eigenvalue weighted by atomic mass is 10.2. The molecule has 7 nitrogen and oxygen atoms in total. The lowest BCUT2D eigenvalue weighted by molar-refractivity contribution is 0.0697. The van der Waals surface area contributed by atoms with Crippen LogP contribution in [0.25, 0.3) is 0 Å². The van der Waals surface area contributed by atoms with E-state index in [-0.39, 0.29) is 11.7 Å². The van der Waals surface area contributed by atoms with E-state index in [0.717, 1.165) is 57.3 Å². The van der Waals surface area contributed by atoms with E-state index in [0.29, 0.717) is 6.54 Å². The third-order valence-corrected chi connectivity index (χ3v) is 5.53. The smallest absolute Gasteiger partial charge is 0.335 e. The molecular weight excluding hydrogens is 380 g/mol. The van der Waals surface area contributed by atoms with Gasteiger partial charge >= 0.3 is 5.97 Å². The molecule has 4 rings (SSSR count). The van der Waals surface area contributed by atoms with Crippen molar-refractivity contribution in [2.45, 2.75) is 18.9 Å². The molecule has 1 atom stereocenters. The second-order valence-corrected chi connectivity index (χ2v) is 7.62. The molecule has 0 saturated carbocycles. The Balaban J connectivity index is 1.47. The molecule has 0 amide bonds. The van der Waals surface area contributed by atoms with Gasteiger partial charge in [-0.3, -0.25) is 4.99 Å². The second kappa shape index (κ2) is 9.63. The quantitative estimate of drug-likeness (QED) is 0.585. The van der Waals surface area contributed by atoms with Crippen molar-refractivity contribution in [1.29, 1.82) is 0 Å². The van der Waals surface area contributed by atoms with E-state index in [4.69, 9.17) is 9.73 Å². The molecule has 2 aliphatic heterocycles. The molecule has 2 N–H and O–H groups in total. The first-order chi connectivity index (χ1) is 14.7. The Morgan fingerprint density at radius 3 is 2.60 bits per heavy atom. The molecule has 158 valence electrons. The fourth-order valence-corrected chi connectivity index (χ4v) is 3.87. The summed E-state index contributed by atoms with van der Waals surface area (Å²) in [5.41, 5.74) is 2.22. The molecule has 30 heavy (non-hydrogen) atoms. The van der Waals surface area contributed by atoms with Gasteiger partial charge in [0.25, 0.3) is 0 Å². The van der Waals surface area contributed by atoms with Gasteiger partial charge in [-0.25, -0.2) is 4.79 Å². The number of aliphatic imine (C=N–C) groups is 1. The maximum Gasteiger partial charge on any atom is 0.335 e. The normalized spacial score (nSPS) is 19.7. The largest absolute Gasteiger partial charge is 0.478 e. The van der Waals surface area contributed by atoms with Crippen LogP contribution < -0.4 is 10.2 Å². The number of carboxylic acid groups (broad SMARTS) is 1. The number of anilines is 2. The standard InChI is InChI=1S/C23H28N4O3/c28-22(29)18-6-4-7-19(16-18)25-23(24-17-21-10-5-15-30-21)27-13-11-26(12-14-27)20-8-2-1-3-9-20/h1-4,6-9,16,21H,5,10-15,17H2,(H,24,25)(H,28,29). The van der Waals surface area contributed by atoms with Crippen LogP contribution in [0.5, 0.6) is 0 Å². The molecule has 2 aliphatic rings. The van der Waals surface area contributed by atoms with Crippen LogP contribution in [-0.2, 0) is 4.74 Å². The minimum Gasteiger partial charge on any atom is -0.478 e. The monoisotopic (exact) mass is 408 g/mol. The number of nitrogens with one attached hydrogen (secondary N) is 1. The molecule has 2 aromatic carbocycles. The van der Waals surface area contributed by atoms with Gasteiger partial charge in [-0.1, -0.05) is 24.3 Å². The molecule has 0 bridgehead atoms. The number of piperazine rings is 1. The number of carboxylic acids is 1. The van der Waals surface area contributed by atoms with E-state index in [1.807, 2.05) is 12.1 Å². The van der Waals surface area contributed by atoms with E-state index < -0.39 is 5.97 Å². The molecule has 0 aliphatic carbocycles. The van der Waals surface area contributed by atoms with Crippen molar-refractivity contribution < 1.29 is 14.6 Å². The maximum atomic E-state index is 11.3. The van der Waals surface area contributed by atoms with E-state index in [9.17, 15) is 9.90 Å². The average molecular weight is 409 g/mol. The minimum atomic E-state index is -0.937. The molecule has 2 fully saturated rings. The van der Waals surface area contributed by atoms with Crippen LogP contribution in [0, 0.1) is 0 Å². The lowest BCUT2D eigenvalue weighted by Crippen LogP contribution is -2.51. The number of aromatic carboxylic acids is 1. The number of nitrogens with zero attached hydrogens (tertiary/aromatic N) is 3. The van der Waals surface area contributed by atoms with Gasteiger partial charge in [0.2, 0.25) is 0 Å². The Bertz CT molecular complexity index is 873. The highest BCUT2D eigenvalue weighted by atomic mass is 16.5. The van der Waals surface area contributed by atoms with Gasteiger partial charge in [0.15, 0.2) is 5.96 Å². The molecule has 1 unspecified atom stereocenters. The SMILES string of the molecule is O=C(O)c1cccc(NC(=NCC2CCCO2)N2CCN(c3ccccc3)CC2)c1. The zero-order valence-electron chi connectivity index (χ0n) is 17.0. The van der Waals surface area contributed by atoms with Gasteiger partial charge < -0.3 is 25.0 Å². The van der Waals surface area contributed by atoms with Crippen LogP contribution in [0.2, 0.25) is 0 Å². The first-order valence-electron chi connectivity index (χ1n) is 10.5. The third-order valence-electron chi connectivity index (χ3n) is 5.53. The van der Waals surface area contributed by atoms with Gasteiger partial charge in [0.1, 0.15) is 0 Å². The Morgan fingerprint density at radius 1 is 1.10 bits per heavy atom. The zero-order valence-corrected chi connectivity index (χ0v) is 17.0. The Hall–Kier alpha value is -3.06. The molecule has 2 saturated heterocycles. The first-order valence-corrected chi connectivity index (χ1v) is 10.5. The zero-order chi connectivity index (χ0) is 20.8. The van der Waals surface area contributed by atoms with E-state index >= 15 is 0 Å². The number of para-hydroxylation sites is 1. The van der Waals surface area contributed by atoms with Gasteiger partial charge in [-0.05, 0) is 43.2 Å². The van der Waals surface area contributed by atoms with Gasteiger partial charge in [-0.15, -0.1) is 0 Å². The Labute approximate surface area is 177 Å². The van der Waals surface area contributed by atoms with Gasteiger partial charge in [0.05, 0.1) is 18.2 Å². The lowest BCUT2D eigenvalue weighted by Gasteiger charge is -2.38. The Morgan fingerprint density at radius 2 is 1.90 bits per heavy atom. The number of guanidine groups is 1. The molecule has 0 radical (unpaired) electrons. The number of ether oxygens (including phenoxy) is 1. The summed E-state index contributed by atoms with van der Waals surface area (Å²) >= 11 is 0. The topological polar surface area (TPSA) is 77.4 Å². The predicted molar refractivity (Wildman–Crippen MR) is 119 cm³/mol. The summed E-state index contributed by atoms with van der Waals surface area (Å²) in [6.07, 6.45) is 2.28.